The summed E-state index contributed by atoms with van der Waals surface area (Å²) in [6.45, 7) is 0. The van der Waals surface area contributed by atoms with E-state index in [0.29, 0.717) is 5.88 Å². The van der Waals surface area contributed by atoms with Crippen LogP contribution in [0.3, 0.4) is 0 Å². The van der Waals surface area contributed by atoms with Crippen molar-refractivity contribution in [2.24, 2.45) is 0 Å². The molecule has 0 aliphatic heterocycles. The number of pyridine rings is 1. The fourth-order valence-electron chi connectivity index (χ4n) is 0.579. The molecule has 0 saturated carbocycles. The van der Waals surface area contributed by atoms with Crippen molar-refractivity contribution in [3.8, 4) is 5.88 Å². The van der Waals surface area contributed by atoms with Gasteiger partial charge in [-0.1, -0.05) is 6.07 Å². The molecule has 1 heterocycles. The topological polar surface area (TPSA) is 59.4 Å². The van der Waals surface area contributed by atoms with E-state index in [2.05, 4.69) is 4.98 Å². The second-order valence-corrected chi connectivity index (χ2v) is 1.93. The first-order valence-electron chi connectivity index (χ1n) is 3.26. The number of ether oxygens (including phenoxy) is 1. The number of hydrogen-bond donors (Lipinski definition) is 1. The summed E-state index contributed by atoms with van der Waals surface area (Å²) < 4.78 is 4.84. The van der Waals surface area contributed by atoms with Crippen molar-refractivity contribution >= 4 is 5.97 Å². The molecule has 0 saturated heterocycles. The van der Waals surface area contributed by atoms with Crippen LogP contribution < -0.4 is 4.74 Å². The van der Waals surface area contributed by atoms with E-state index in [-0.39, 0.29) is 0 Å². The van der Waals surface area contributed by atoms with Crippen molar-refractivity contribution in [3.05, 3.63) is 36.7 Å². The Morgan fingerprint density at radius 2 is 2.42 bits per heavy atom. The molecule has 0 aliphatic rings. The Kier molecular flexibility index (Phi) is 2.84. The third-order valence-corrected chi connectivity index (χ3v) is 1.04. The number of carboxylic acid groups (broad SMARTS) is 1. The Bertz CT molecular complexity index is 282. The Labute approximate surface area is 69.1 Å². The van der Waals surface area contributed by atoms with Crippen LogP contribution in [0.5, 0.6) is 5.88 Å². The smallest absolute Gasteiger partial charge is 0.331 e. The zero-order valence-corrected chi connectivity index (χ0v) is 6.18. The average molecular weight is 165 g/mol. The normalized spacial score (nSPS) is 10.0. The maximum atomic E-state index is 10.0. The molecule has 0 atom stereocenters. The van der Waals surface area contributed by atoms with E-state index < -0.39 is 5.97 Å². The molecule has 62 valence electrons. The predicted octanol–water partition coefficient (Wildman–Crippen LogP) is 1.06. The van der Waals surface area contributed by atoms with Gasteiger partial charge in [0.05, 0.1) is 6.08 Å². The lowest BCUT2D eigenvalue weighted by molar-refractivity contribution is -0.131. The summed E-state index contributed by atoms with van der Waals surface area (Å²) in [6.07, 6.45) is 3.53. The molecular formula is C8H7NO3. The molecule has 4 nitrogen and oxygen atoms in total. The molecule has 1 N–H and O–H groups in total. The minimum absolute atomic E-state index is 0.370. The average Bonchev–Trinajstić information content (AvgIpc) is 2.05. The zero-order chi connectivity index (χ0) is 8.81. The van der Waals surface area contributed by atoms with Crippen LogP contribution in [0.1, 0.15) is 0 Å². The summed E-state index contributed by atoms with van der Waals surface area (Å²) in [6, 6.07) is 5.12. The summed E-state index contributed by atoms with van der Waals surface area (Å²) >= 11 is 0. The molecule has 0 fully saturated rings. The number of aliphatic carboxylic acids is 1. The monoisotopic (exact) mass is 165 g/mol. The zero-order valence-electron chi connectivity index (χ0n) is 6.18. The second kappa shape index (κ2) is 4.12. The van der Waals surface area contributed by atoms with E-state index in [1.54, 1.807) is 24.4 Å². The summed E-state index contributed by atoms with van der Waals surface area (Å²) in [4.78, 5) is 13.8. The van der Waals surface area contributed by atoms with Gasteiger partial charge in [-0.15, -0.1) is 0 Å². The molecule has 0 amide bonds. The van der Waals surface area contributed by atoms with Crippen molar-refractivity contribution < 1.29 is 14.6 Å². The third kappa shape index (κ3) is 2.83. The molecule has 1 rings (SSSR count). The molecule has 1 aromatic rings. The van der Waals surface area contributed by atoms with E-state index >= 15 is 0 Å². The number of aromatic nitrogens is 1. The molecule has 12 heavy (non-hydrogen) atoms. The van der Waals surface area contributed by atoms with Crippen molar-refractivity contribution in [1.29, 1.82) is 0 Å². The van der Waals surface area contributed by atoms with Gasteiger partial charge in [0.2, 0.25) is 5.88 Å². The van der Waals surface area contributed by atoms with Crippen LogP contribution in [0.2, 0.25) is 0 Å². The van der Waals surface area contributed by atoms with Crippen molar-refractivity contribution in [2.45, 2.75) is 0 Å². The predicted molar refractivity (Wildman–Crippen MR) is 41.6 cm³/mol. The van der Waals surface area contributed by atoms with Crippen LogP contribution in [-0.4, -0.2) is 16.1 Å². The largest absolute Gasteiger partial charge is 0.478 e. The van der Waals surface area contributed by atoms with Gasteiger partial charge in [0.15, 0.2) is 0 Å². The van der Waals surface area contributed by atoms with Gasteiger partial charge in [0.25, 0.3) is 0 Å². The van der Waals surface area contributed by atoms with Gasteiger partial charge in [-0.2, -0.15) is 0 Å². The number of rotatable bonds is 3. The standard InChI is InChI=1S/C8H7NO3/c10-8(11)4-6-12-7-3-1-2-5-9-7/h1-6H,(H,10,11). The van der Waals surface area contributed by atoms with E-state index in [4.69, 9.17) is 9.84 Å². The maximum Gasteiger partial charge on any atom is 0.331 e. The first-order valence-corrected chi connectivity index (χ1v) is 3.26. The fourth-order valence-corrected chi connectivity index (χ4v) is 0.579. The van der Waals surface area contributed by atoms with E-state index in [0.717, 1.165) is 12.3 Å². The summed E-state index contributed by atoms with van der Waals surface area (Å²) in [5, 5.41) is 8.20. The fraction of sp³-hybridized carbons (Fsp3) is 0. The molecule has 0 aliphatic carbocycles. The molecule has 1 aromatic heterocycles. The van der Waals surface area contributed by atoms with Crippen LogP contribution in [-0.2, 0) is 4.79 Å². The van der Waals surface area contributed by atoms with Crippen molar-refractivity contribution in [3.63, 3.8) is 0 Å². The molecular weight excluding hydrogens is 158 g/mol. The Morgan fingerprint density at radius 1 is 1.58 bits per heavy atom. The Hall–Kier alpha value is -1.84. The quantitative estimate of drug-likeness (QED) is 0.537. The van der Waals surface area contributed by atoms with E-state index in [9.17, 15) is 4.79 Å². The van der Waals surface area contributed by atoms with Gasteiger partial charge in [-0.3, -0.25) is 0 Å². The highest BCUT2D eigenvalue weighted by atomic mass is 16.5. The minimum atomic E-state index is -1.05. The maximum absolute atomic E-state index is 10.0. The first kappa shape index (κ1) is 8.26. The van der Waals surface area contributed by atoms with Crippen LogP contribution in [0.15, 0.2) is 36.7 Å². The van der Waals surface area contributed by atoms with Gasteiger partial charge in [-0.25, -0.2) is 9.78 Å². The Morgan fingerprint density at radius 3 is 3.00 bits per heavy atom. The molecule has 4 heteroatoms. The SMILES string of the molecule is O=C(O)C=COc1ccccn1. The number of hydrogen-bond acceptors (Lipinski definition) is 3. The van der Waals surface area contributed by atoms with Gasteiger partial charge < -0.3 is 9.84 Å². The summed E-state index contributed by atoms with van der Waals surface area (Å²) in [7, 11) is 0. The number of nitrogens with zero attached hydrogens (tertiary/aromatic N) is 1. The molecule has 0 radical (unpaired) electrons. The van der Waals surface area contributed by atoms with Gasteiger partial charge in [-0.05, 0) is 6.07 Å². The summed E-state index contributed by atoms with van der Waals surface area (Å²) in [5.74, 6) is -0.680. The lowest BCUT2D eigenvalue weighted by Crippen LogP contribution is -1.90. The van der Waals surface area contributed by atoms with Crippen molar-refractivity contribution in [1.82, 2.24) is 4.98 Å². The van der Waals surface area contributed by atoms with Crippen LogP contribution in [0.25, 0.3) is 0 Å². The molecule has 0 unspecified atom stereocenters. The third-order valence-electron chi connectivity index (χ3n) is 1.04. The molecule has 0 bridgehead atoms. The highest BCUT2D eigenvalue weighted by molar-refractivity contribution is 5.79. The van der Waals surface area contributed by atoms with Gasteiger partial charge in [0, 0.05) is 12.3 Å². The molecule has 0 aromatic carbocycles. The van der Waals surface area contributed by atoms with Gasteiger partial charge >= 0.3 is 5.97 Å². The minimum Gasteiger partial charge on any atom is -0.478 e. The first-order chi connectivity index (χ1) is 5.79. The number of carboxylic acids is 1. The molecule has 0 spiro atoms. The van der Waals surface area contributed by atoms with Crippen LogP contribution >= 0.6 is 0 Å². The second-order valence-electron chi connectivity index (χ2n) is 1.93. The van der Waals surface area contributed by atoms with E-state index in [1.807, 2.05) is 0 Å². The van der Waals surface area contributed by atoms with Gasteiger partial charge in [0.1, 0.15) is 6.26 Å². The number of carbonyl (C=O) groups is 1. The highest BCUT2D eigenvalue weighted by Gasteiger charge is 1.89. The van der Waals surface area contributed by atoms with Crippen LogP contribution in [0.4, 0.5) is 0 Å². The van der Waals surface area contributed by atoms with Crippen LogP contribution in [0, 0.1) is 0 Å². The van der Waals surface area contributed by atoms with Crippen molar-refractivity contribution in [2.75, 3.05) is 0 Å². The Balaban J connectivity index is 2.49. The van der Waals surface area contributed by atoms with E-state index in [1.165, 1.54) is 0 Å². The lowest BCUT2D eigenvalue weighted by atomic mass is 10.5. The summed E-state index contributed by atoms with van der Waals surface area (Å²) in [5.41, 5.74) is 0. The highest BCUT2D eigenvalue weighted by Crippen LogP contribution is 2.02. The lowest BCUT2D eigenvalue weighted by Gasteiger charge is -1.94.